The van der Waals surface area contributed by atoms with Crippen LogP contribution in [0, 0.1) is 5.92 Å². The van der Waals surface area contributed by atoms with Crippen LogP contribution in [0.2, 0.25) is 0 Å². The molecule has 0 spiro atoms. The molecule has 5 nitrogen and oxygen atoms in total. The lowest BCUT2D eigenvalue weighted by atomic mass is 9.99. The first kappa shape index (κ1) is 18.3. The maximum atomic E-state index is 12.2. The Morgan fingerprint density at radius 2 is 1.91 bits per heavy atom. The largest absolute Gasteiger partial charge is 0.493 e. The first-order chi connectivity index (χ1) is 10.4. The van der Waals surface area contributed by atoms with Crippen molar-refractivity contribution in [1.82, 2.24) is 4.90 Å². The molecule has 2 unspecified atom stereocenters. The van der Waals surface area contributed by atoms with Crippen molar-refractivity contribution in [2.45, 2.75) is 32.7 Å². The van der Waals surface area contributed by atoms with Crippen molar-refractivity contribution in [3.63, 3.8) is 0 Å². The molecule has 1 aromatic rings. The van der Waals surface area contributed by atoms with Gasteiger partial charge in [0.05, 0.1) is 20.3 Å². The molecule has 0 fully saturated rings. The minimum absolute atomic E-state index is 0.00479. The van der Waals surface area contributed by atoms with E-state index >= 15 is 0 Å². The van der Waals surface area contributed by atoms with Crippen LogP contribution in [-0.4, -0.2) is 44.7 Å². The van der Waals surface area contributed by atoms with Gasteiger partial charge in [-0.15, -0.1) is 0 Å². The third-order valence-corrected chi connectivity index (χ3v) is 4.10. The standard InChI is InChI=1S/C17H28N2O3/c1-6-12(2)16(18)17(20)19(3)10-9-13-7-8-14(21-4)15(11-13)22-5/h7-8,11-12,16H,6,9-10,18H2,1-5H3. The van der Waals surface area contributed by atoms with Gasteiger partial charge < -0.3 is 20.1 Å². The fraction of sp³-hybridized carbons (Fsp3) is 0.588. The summed E-state index contributed by atoms with van der Waals surface area (Å²) in [5.41, 5.74) is 7.09. The third kappa shape index (κ3) is 4.63. The molecule has 1 rings (SSSR count). The predicted octanol–water partition coefficient (Wildman–Crippen LogP) is 2.08. The fourth-order valence-corrected chi connectivity index (χ4v) is 2.19. The van der Waals surface area contributed by atoms with Crippen LogP contribution >= 0.6 is 0 Å². The Kier molecular flexibility index (Phi) is 7.18. The Morgan fingerprint density at radius 1 is 1.27 bits per heavy atom. The monoisotopic (exact) mass is 308 g/mol. The molecule has 0 aliphatic rings. The van der Waals surface area contributed by atoms with Crippen molar-refractivity contribution >= 4 is 5.91 Å². The van der Waals surface area contributed by atoms with Crippen LogP contribution in [0.5, 0.6) is 11.5 Å². The van der Waals surface area contributed by atoms with Crippen molar-refractivity contribution in [3.05, 3.63) is 23.8 Å². The Bertz CT molecular complexity index is 491. The van der Waals surface area contributed by atoms with Gasteiger partial charge in [0.2, 0.25) is 5.91 Å². The van der Waals surface area contributed by atoms with Crippen LogP contribution in [-0.2, 0) is 11.2 Å². The van der Waals surface area contributed by atoms with Crippen LogP contribution in [0.15, 0.2) is 18.2 Å². The molecule has 1 amide bonds. The van der Waals surface area contributed by atoms with E-state index in [9.17, 15) is 4.79 Å². The Hall–Kier alpha value is -1.75. The van der Waals surface area contributed by atoms with Crippen molar-refractivity contribution in [3.8, 4) is 11.5 Å². The second-order valence-electron chi connectivity index (χ2n) is 5.61. The molecule has 0 saturated carbocycles. The molecular formula is C17H28N2O3. The quantitative estimate of drug-likeness (QED) is 0.798. The first-order valence-electron chi connectivity index (χ1n) is 7.66. The van der Waals surface area contributed by atoms with E-state index < -0.39 is 6.04 Å². The summed E-state index contributed by atoms with van der Waals surface area (Å²) in [6, 6.07) is 5.36. The average molecular weight is 308 g/mol. The molecule has 124 valence electrons. The second kappa shape index (κ2) is 8.63. The van der Waals surface area contributed by atoms with Crippen molar-refractivity contribution in [1.29, 1.82) is 0 Å². The van der Waals surface area contributed by atoms with Crippen LogP contribution in [0.25, 0.3) is 0 Å². The summed E-state index contributed by atoms with van der Waals surface area (Å²) in [4.78, 5) is 13.9. The second-order valence-corrected chi connectivity index (χ2v) is 5.61. The van der Waals surface area contributed by atoms with Gasteiger partial charge in [0, 0.05) is 13.6 Å². The maximum absolute atomic E-state index is 12.2. The topological polar surface area (TPSA) is 64.8 Å². The van der Waals surface area contributed by atoms with E-state index in [1.165, 1.54) is 0 Å². The lowest BCUT2D eigenvalue weighted by molar-refractivity contribution is -0.132. The average Bonchev–Trinajstić information content (AvgIpc) is 2.56. The highest BCUT2D eigenvalue weighted by atomic mass is 16.5. The zero-order chi connectivity index (χ0) is 16.7. The van der Waals surface area contributed by atoms with Gasteiger partial charge in [0.25, 0.3) is 0 Å². The summed E-state index contributed by atoms with van der Waals surface area (Å²) in [7, 11) is 5.02. The van der Waals surface area contributed by atoms with E-state index in [-0.39, 0.29) is 11.8 Å². The number of ether oxygens (including phenoxy) is 2. The number of amides is 1. The number of rotatable bonds is 8. The van der Waals surface area contributed by atoms with Crippen molar-refractivity contribution in [2.24, 2.45) is 11.7 Å². The summed E-state index contributed by atoms with van der Waals surface area (Å²) in [5.74, 6) is 1.59. The predicted molar refractivity (Wildman–Crippen MR) is 88.3 cm³/mol. The summed E-state index contributed by atoms with van der Waals surface area (Å²) in [5, 5.41) is 0. The van der Waals surface area contributed by atoms with Gasteiger partial charge in [0.1, 0.15) is 0 Å². The summed E-state index contributed by atoms with van der Waals surface area (Å²) < 4.78 is 10.5. The van der Waals surface area contributed by atoms with Gasteiger partial charge in [-0.25, -0.2) is 0 Å². The third-order valence-electron chi connectivity index (χ3n) is 4.10. The summed E-state index contributed by atoms with van der Waals surface area (Å²) in [6.07, 6.45) is 1.65. The summed E-state index contributed by atoms with van der Waals surface area (Å²) >= 11 is 0. The van der Waals surface area contributed by atoms with Gasteiger partial charge in [-0.2, -0.15) is 0 Å². The van der Waals surface area contributed by atoms with Crippen LogP contribution < -0.4 is 15.2 Å². The highest BCUT2D eigenvalue weighted by molar-refractivity contribution is 5.81. The Labute approximate surface area is 133 Å². The lowest BCUT2D eigenvalue weighted by Gasteiger charge is -2.24. The molecule has 0 saturated heterocycles. The van der Waals surface area contributed by atoms with E-state index in [4.69, 9.17) is 15.2 Å². The van der Waals surface area contributed by atoms with Crippen LogP contribution in [0.4, 0.5) is 0 Å². The number of nitrogens with zero attached hydrogens (tertiary/aromatic N) is 1. The number of hydrogen-bond donors (Lipinski definition) is 1. The van der Waals surface area contributed by atoms with E-state index in [1.54, 1.807) is 26.2 Å². The molecular weight excluding hydrogens is 280 g/mol. The van der Waals surface area contributed by atoms with E-state index in [2.05, 4.69) is 0 Å². The molecule has 0 bridgehead atoms. The molecule has 0 aliphatic carbocycles. The molecule has 0 aliphatic heterocycles. The molecule has 0 radical (unpaired) electrons. The Balaban J connectivity index is 2.64. The Morgan fingerprint density at radius 3 is 2.45 bits per heavy atom. The van der Waals surface area contributed by atoms with Gasteiger partial charge in [-0.05, 0) is 30.0 Å². The van der Waals surface area contributed by atoms with E-state index in [1.807, 2.05) is 32.0 Å². The SMILES string of the molecule is CCC(C)C(N)C(=O)N(C)CCc1ccc(OC)c(OC)c1. The number of hydrogen-bond acceptors (Lipinski definition) is 4. The minimum atomic E-state index is -0.430. The molecule has 2 N–H and O–H groups in total. The zero-order valence-corrected chi connectivity index (χ0v) is 14.3. The number of nitrogens with two attached hydrogens (primary N) is 1. The maximum Gasteiger partial charge on any atom is 0.239 e. The highest BCUT2D eigenvalue weighted by Crippen LogP contribution is 2.27. The van der Waals surface area contributed by atoms with Gasteiger partial charge in [-0.1, -0.05) is 26.3 Å². The number of benzene rings is 1. The molecule has 0 aromatic heterocycles. The zero-order valence-electron chi connectivity index (χ0n) is 14.3. The normalized spacial score (nSPS) is 13.4. The minimum Gasteiger partial charge on any atom is -0.493 e. The molecule has 0 heterocycles. The van der Waals surface area contributed by atoms with Crippen LogP contribution in [0.3, 0.4) is 0 Å². The number of carbonyl (C=O) groups is 1. The first-order valence-corrected chi connectivity index (χ1v) is 7.66. The number of likely N-dealkylation sites (N-methyl/N-ethyl adjacent to an activating group) is 1. The van der Waals surface area contributed by atoms with Gasteiger partial charge >= 0.3 is 0 Å². The fourth-order valence-electron chi connectivity index (χ4n) is 2.19. The summed E-state index contributed by atoms with van der Waals surface area (Å²) in [6.45, 7) is 4.67. The van der Waals surface area contributed by atoms with Crippen LogP contribution in [0.1, 0.15) is 25.8 Å². The number of methoxy groups -OCH3 is 2. The van der Waals surface area contributed by atoms with E-state index in [0.29, 0.717) is 18.0 Å². The molecule has 22 heavy (non-hydrogen) atoms. The van der Waals surface area contributed by atoms with Gasteiger partial charge in [0.15, 0.2) is 11.5 Å². The molecule has 1 aromatic carbocycles. The smallest absolute Gasteiger partial charge is 0.239 e. The molecule has 2 atom stereocenters. The van der Waals surface area contributed by atoms with E-state index in [0.717, 1.165) is 18.4 Å². The number of carbonyl (C=O) groups excluding carboxylic acids is 1. The van der Waals surface area contributed by atoms with Gasteiger partial charge in [-0.3, -0.25) is 4.79 Å². The van der Waals surface area contributed by atoms with Crippen molar-refractivity contribution < 1.29 is 14.3 Å². The molecule has 5 heteroatoms. The highest BCUT2D eigenvalue weighted by Gasteiger charge is 2.22. The van der Waals surface area contributed by atoms with Crippen molar-refractivity contribution in [2.75, 3.05) is 27.8 Å². The lowest BCUT2D eigenvalue weighted by Crippen LogP contribution is -2.46.